The molecule has 0 aromatic heterocycles. The van der Waals surface area contributed by atoms with Gasteiger partial charge in [0.15, 0.2) is 0 Å². The van der Waals surface area contributed by atoms with Gasteiger partial charge < -0.3 is 10.2 Å². The molecule has 0 amide bonds. The molecule has 0 radical (unpaired) electrons. The van der Waals surface area contributed by atoms with E-state index in [2.05, 4.69) is 135 Å². The largest absolute Gasteiger partial charge is 0.481 e. The Labute approximate surface area is 300 Å². The van der Waals surface area contributed by atoms with Crippen molar-refractivity contribution in [3.8, 4) is 0 Å². The summed E-state index contributed by atoms with van der Waals surface area (Å²) in [6.07, 6.45) is 64.9. The fraction of sp³-hybridized carbons (Fsp3) is 0.422. The van der Waals surface area contributed by atoms with E-state index in [9.17, 15) is 9.59 Å². The second-order valence-electron chi connectivity index (χ2n) is 10.7. The average Bonchev–Trinajstić information content (AvgIpc) is 3.07. The maximum absolute atomic E-state index is 10.3. The third-order valence-corrected chi connectivity index (χ3v) is 6.24. The Kier molecular flexibility index (Phi) is 46.1. The molecule has 0 bridgehead atoms. The van der Waals surface area contributed by atoms with Crippen molar-refractivity contribution in [2.45, 2.75) is 124 Å². The van der Waals surface area contributed by atoms with E-state index in [4.69, 9.17) is 10.2 Å². The van der Waals surface area contributed by atoms with Crippen LogP contribution in [0.25, 0.3) is 0 Å². The Morgan fingerprint density at radius 1 is 0.327 bits per heavy atom. The van der Waals surface area contributed by atoms with Crippen LogP contribution in [0.2, 0.25) is 0 Å². The summed E-state index contributed by atoms with van der Waals surface area (Å²) >= 11 is 0. The number of hydrogen-bond donors (Lipinski definition) is 2. The van der Waals surface area contributed by atoms with Gasteiger partial charge in [-0.1, -0.05) is 167 Å². The van der Waals surface area contributed by atoms with Crippen LogP contribution in [0.15, 0.2) is 146 Å². The highest BCUT2D eigenvalue weighted by molar-refractivity contribution is 5.67. The number of carboxylic acid groups (broad SMARTS) is 2. The minimum atomic E-state index is -0.741. The molecule has 0 fully saturated rings. The van der Waals surface area contributed by atoms with E-state index in [0.29, 0.717) is 12.8 Å². The average molecular weight is 673 g/mol. The molecule has 0 aliphatic heterocycles. The fourth-order valence-corrected chi connectivity index (χ4v) is 3.69. The zero-order chi connectivity index (χ0) is 35.4. The second-order valence-corrected chi connectivity index (χ2v) is 10.7. The maximum Gasteiger partial charge on any atom is 0.303 e. The van der Waals surface area contributed by atoms with Gasteiger partial charge in [-0.3, -0.25) is 9.59 Å². The van der Waals surface area contributed by atoms with E-state index < -0.39 is 11.9 Å². The van der Waals surface area contributed by atoms with Crippen molar-refractivity contribution >= 4 is 11.9 Å². The minimum absolute atomic E-state index is 0. The molecular weight excluding hydrogens is 604 g/mol. The lowest BCUT2D eigenvalue weighted by Gasteiger charge is -1.87. The Morgan fingerprint density at radius 2 is 0.490 bits per heavy atom. The molecule has 0 aromatic carbocycles. The summed E-state index contributed by atoms with van der Waals surface area (Å²) in [7, 11) is 0. The second kappa shape index (κ2) is 45.9. The number of carbonyl (C=O) groups is 2. The van der Waals surface area contributed by atoms with Crippen LogP contribution in [0.5, 0.6) is 0 Å². The van der Waals surface area contributed by atoms with E-state index in [1.165, 1.54) is 0 Å². The topological polar surface area (TPSA) is 74.6 Å². The highest BCUT2D eigenvalue weighted by Gasteiger charge is 1.91. The molecule has 0 spiro atoms. The van der Waals surface area contributed by atoms with Crippen LogP contribution in [0, 0.1) is 0 Å². The summed E-state index contributed by atoms with van der Waals surface area (Å²) in [5.41, 5.74) is 0. The highest BCUT2D eigenvalue weighted by atomic mass is 16.4. The molecule has 0 unspecified atom stereocenters. The van der Waals surface area contributed by atoms with Gasteiger partial charge >= 0.3 is 11.9 Å². The molecular formula is C45H68O4. The summed E-state index contributed by atoms with van der Waals surface area (Å²) in [4.78, 5) is 20.6. The van der Waals surface area contributed by atoms with Gasteiger partial charge in [-0.05, 0) is 89.9 Å². The first-order valence-corrected chi connectivity index (χ1v) is 17.8. The predicted octanol–water partition coefficient (Wildman–Crippen LogP) is 13.7. The molecule has 0 saturated heterocycles. The lowest BCUT2D eigenvalue weighted by molar-refractivity contribution is -0.137. The lowest BCUT2D eigenvalue weighted by Crippen LogP contribution is -1.91. The van der Waals surface area contributed by atoms with Crippen molar-refractivity contribution in [2.24, 2.45) is 0 Å². The monoisotopic (exact) mass is 673 g/mol. The summed E-state index contributed by atoms with van der Waals surface area (Å²) in [5, 5.41) is 17.0. The zero-order valence-corrected chi connectivity index (χ0v) is 29.9. The van der Waals surface area contributed by atoms with Crippen molar-refractivity contribution in [3.63, 3.8) is 0 Å². The SMILES string of the molecule is C.CC/C=C\C/C=C\C/C=C\C/C=C\C/C=C\C/C=C\CCC(=O)O.CC/C=C\C/C=C\C/C=C\C/C=C\C/C=C\C/C=C\CCC(=O)O. The summed E-state index contributed by atoms with van der Waals surface area (Å²) in [6.45, 7) is 4.29. The van der Waals surface area contributed by atoms with E-state index in [0.717, 1.165) is 77.0 Å². The molecule has 0 saturated carbocycles. The molecule has 0 aliphatic carbocycles. The molecule has 49 heavy (non-hydrogen) atoms. The maximum atomic E-state index is 10.3. The van der Waals surface area contributed by atoms with Gasteiger partial charge in [0.05, 0.1) is 0 Å². The number of hydrogen-bond acceptors (Lipinski definition) is 2. The van der Waals surface area contributed by atoms with Crippen LogP contribution < -0.4 is 0 Å². The molecule has 0 aliphatic rings. The van der Waals surface area contributed by atoms with Crippen molar-refractivity contribution in [1.29, 1.82) is 0 Å². The van der Waals surface area contributed by atoms with Crippen LogP contribution >= 0.6 is 0 Å². The van der Waals surface area contributed by atoms with Gasteiger partial charge in [-0.25, -0.2) is 0 Å². The number of carboxylic acids is 2. The van der Waals surface area contributed by atoms with Crippen LogP contribution in [-0.4, -0.2) is 22.2 Å². The zero-order valence-electron chi connectivity index (χ0n) is 29.9. The number of aliphatic carboxylic acids is 2. The number of rotatable bonds is 28. The van der Waals surface area contributed by atoms with E-state index in [1.54, 1.807) is 0 Å². The normalized spacial score (nSPS) is 12.8. The van der Waals surface area contributed by atoms with Gasteiger partial charge in [0.25, 0.3) is 0 Å². The summed E-state index contributed by atoms with van der Waals surface area (Å²) < 4.78 is 0. The van der Waals surface area contributed by atoms with Gasteiger partial charge in [-0.2, -0.15) is 0 Å². The van der Waals surface area contributed by atoms with Crippen molar-refractivity contribution < 1.29 is 19.8 Å². The van der Waals surface area contributed by atoms with E-state index in [-0.39, 0.29) is 20.3 Å². The minimum Gasteiger partial charge on any atom is -0.481 e. The molecule has 2 N–H and O–H groups in total. The van der Waals surface area contributed by atoms with Crippen LogP contribution in [0.3, 0.4) is 0 Å². The predicted molar refractivity (Wildman–Crippen MR) is 217 cm³/mol. The van der Waals surface area contributed by atoms with Crippen molar-refractivity contribution in [3.05, 3.63) is 146 Å². The van der Waals surface area contributed by atoms with Crippen LogP contribution in [-0.2, 0) is 9.59 Å². The van der Waals surface area contributed by atoms with Gasteiger partial charge in [0.2, 0.25) is 0 Å². The standard InChI is InChI=1S/2C22H32O2.CH4/c2*1-2-3-4-5-6-7-8-9-10-11-12-13-14-15-16-17-18-19-20-21-22(23)24;/h2*3-4,6-7,9-10,12-13,15-16,18-19H,2,5,8,11,14,17,20-21H2,1H3,(H,23,24);1H4/b2*4-3-,7-6-,10-9-,13-12-,16-15-,19-18-;. The molecule has 272 valence electrons. The molecule has 4 nitrogen and oxygen atoms in total. The van der Waals surface area contributed by atoms with Gasteiger partial charge in [0.1, 0.15) is 0 Å². The fourth-order valence-electron chi connectivity index (χ4n) is 3.69. The third-order valence-electron chi connectivity index (χ3n) is 6.24. The molecule has 0 aromatic rings. The molecule has 0 atom stereocenters. The van der Waals surface area contributed by atoms with Crippen LogP contribution in [0.1, 0.15) is 124 Å². The summed E-state index contributed by atoms with van der Waals surface area (Å²) in [5.74, 6) is -1.48. The summed E-state index contributed by atoms with van der Waals surface area (Å²) in [6, 6.07) is 0. The Hall–Kier alpha value is -4.18. The lowest BCUT2D eigenvalue weighted by atomic mass is 10.2. The Bertz CT molecular complexity index is 1010. The van der Waals surface area contributed by atoms with E-state index in [1.807, 2.05) is 24.3 Å². The first-order chi connectivity index (χ1) is 23.5. The molecule has 4 heteroatoms. The van der Waals surface area contributed by atoms with Crippen LogP contribution in [0.4, 0.5) is 0 Å². The van der Waals surface area contributed by atoms with Gasteiger partial charge in [-0.15, -0.1) is 0 Å². The van der Waals surface area contributed by atoms with E-state index >= 15 is 0 Å². The molecule has 0 rings (SSSR count). The van der Waals surface area contributed by atoms with Crippen molar-refractivity contribution in [2.75, 3.05) is 0 Å². The first kappa shape index (κ1) is 49.2. The smallest absolute Gasteiger partial charge is 0.303 e. The molecule has 0 heterocycles. The Morgan fingerprint density at radius 3 is 0.653 bits per heavy atom. The first-order valence-electron chi connectivity index (χ1n) is 17.8. The number of allylic oxidation sites excluding steroid dienone is 24. The third kappa shape index (κ3) is 53.6. The van der Waals surface area contributed by atoms with Crippen molar-refractivity contribution in [1.82, 2.24) is 0 Å². The van der Waals surface area contributed by atoms with Gasteiger partial charge in [0, 0.05) is 12.8 Å². The Balaban J connectivity index is -0.000000846. The highest BCUT2D eigenvalue weighted by Crippen LogP contribution is 1.99. The quantitative estimate of drug-likeness (QED) is 0.0811.